The Kier molecular flexibility index (Phi) is 3.75. The number of aromatic nitrogens is 2. The van der Waals surface area contributed by atoms with E-state index in [0.29, 0.717) is 18.4 Å². The second-order valence-corrected chi connectivity index (χ2v) is 9.57. The van der Waals surface area contributed by atoms with E-state index in [1.54, 1.807) is 6.33 Å². The molecule has 0 spiro atoms. The van der Waals surface area contributed by atoms with E-state index < -0.39 is 0 Å². The molecule has 4 fully saturated rings. The molecule has 0 radical (unpaired) electrons. The second kappa shape index (κ2) is 5.95. The van der Waals surface area contributed by atoms with Crippen LogP contribution in [-0.4, -0.2) is 15.5 Å². The standard InChI is InChI=1S/C23H29N3O/c1-16-3-5-19(6-4-16)22-8-17-7-18(9-22)11-23(10-17,14-22)21(27)25-13-20-12-24-15-26(20)2/h3-6,12,15,17-18H,7-11,13-14H2,1-2H3,(H,25,27). The van der Waals surface area contributed by atoms with Crippen LogP contribution in [-0.2, 0) is 23.8 Å². The fraction of sp³-hybridized carbons (Fsp3) is 0.565. The first-order chi connectivity index (χ1) is 13.0. The summed E-state index contributed by atoms with van der Waals surface area (Å²) in [5.74, 6) is 1.68. The summed E-state index contributed by atoms with van der Waals surface area (Å²) in [6, 6.07) is 9.12. The molecule has 1 heterocycles. The fourth-order valence-electron chi connectivity index (χ4n) is 6.69. The van der Waals surface area contributed by atoms with Crippen molar-refractivity contribution in [1.82, 2.24) is 14.9 Å². The zero-order chi connectivity index (χ0) is 18.6. The van der Waals surface area contributed by atoms with E-state index in [2.05, 4.69) is 41.5 Å². The van der Waals surface area contributed by atoms with Gasteiger partial charge in [0.25, 0.3) is 0 Å². The van der Waals surface area contributed by atoms with Crippen LogP contribution in [0.15, 0.2) is 36.8 Å². The third-order valence-corrected chi connectivity index (χ3v) is 7.55. The van der Waals surface area contributed by atoms with Crippen LogP contribution in [0.5, 0.6) is 0 Å². The van der Waals surface area contributed by atoms with Gasteiger partial charge in [0.1, 0.15) is 0 Å². The van der Waals surface area contributed by atoms with Gasteiger partial charge in [-0.15, -0.1) is 0 Å². The van der Waals surface area contributed by atoms with Crippen LogP contribution in [0.25, 0.3) is 0 Å². The maximum Gasteiger partial charge on any atom is 0.226 e. The van der Waals surface area contributed by atoms with Gasteiger partial charge in [-0.2, -0.15) is 0 Å². The molecule has 0 aliphatic heterocycles. The third kappa shape index (κ3) is 2.72. The van der Waals surface area contributed by atoms with E-state index in [-0.39, 0.29) is 16.7 Å². The van der Waals surface area contributed by atoms with Crippen molar-refractivity contribution in [2.75, 3.05) is 0 Å². The number of rotatable bonds is 4. The average Bonchev–Trinajstić information content (AvgIpc) is 3.04. The van der Waals surface area contributed by atoms with Crippen molar-refractivity contribution in [2.45, 2.75) is 57.4 Å². The summed E-state index contributed by atoms with van der Waals surface area (Å²) in [4.78, 5) is 17.6. The van der Waals surface area contributed by atoms with Gasteiger partial charge in [-0.05, 0) is 68.3 Å². The molecular weight excluding hydrogens is 334 g/mol. The summed E-state index contributed by atoms with van der Waals surface area (Å²) < 4.78 is 1.98. The number of carbonyl (C=O) groups is 1. The van der Waals surface area contributed by atoms with Crippen molar-refractivity contribution in [2.24, 2.45) is 24.3 Å². The molecule has 1 amide bonds. The first-order valence-corrected chi connectivity index (χ1v) is 10.3. The van der Waals surface area contributed by atoms with Gasteiger partial charge in [-0.1, -0.05) is 29.8 Å². The number of hydrogen-bond acceptors (Lipinski definition) is 2. The Morgan fingerprint density at radius 1 is 1.19 bits per heavy atom. The Hall–Kier alpha value is -2.10. The van der Waals surface area contributed by atoms with E-state index in [9.17, 15) is 4.79 Å². The van der Waals surface area contributed by atoms with Crippen molar-refractivity contribution >= 4 is 5.91 Å². The van der Waals surface area contributed by atoms with Gasteiger partial charge in [0.15, 0.2) is 0 Å². The third-order valence-electron chi connectivity index (χ3n) is 7.55. The lowest BCUT2D eigenvalue weighted by molar-refractivity contribution is -0.149. The predicted molar refractivity (Wildman–Crippen MR) is 105 cm³/mol. The Bertz CT molecular complexity index is 852. The van der Waals surface area contributed by atoms with Crippen LogP contribution in [0.3, 0.4) is 0 Å². The maximum atomic E-state index is 13.4. The van der Waals surface area contributed by atoms with Crippen LogP contribution >= 0.6 is 0 Å². The summed E-state index contributed by atoms with van der Waals surface area (Å²) in [5.41, 5.74) is 3.87. The monoisotopic (exact) mass is 363 g/mol. The molecule has 4 bridgehead atoms. The molecule has 1 aromatic heterocycles. The molecule has 1 N–H and O–H groups in total. The van der Waals surface area contributed by atoms with Gasteiger partial charge in [-0.25, -0.2) is 4.98 Å². The first-order valence-electron chi connectivity index (χ1n) is 10.3. The highest BCUT2D eigenvalue weighted by molar-refractivity contribution is 5.83. The minimum Gasteiger partial charge on any atom is -0.350 e. The van der Waals surface area contributed by atoms with Gasteiger partial charge >= 0.3 is 0 Å². The van der Waals surface area contributed by atoms with E-state index in [4.69, 9.17) is 0 Å². The summed E-state index contributed by atoms with van der Waals surface area (Å²) in [7, 11) is 1.98. The van der Waals surface area contributed by atoms with Crippen LogP contribution in [0, 0.1) is 24.2 Å². The summed E-state index contributed by atoms with van der Waals surface area (Å²) in [6.07, 6.45) is 10.7. The molecule has 4 saturated carbocycles. The fourth-order valence-corrected chi connectivity index (χ4v) is 6.69. The normalized spacial score (nSPS) is 34.0. The van der Waals surface area contributed by atoms with Crippen LogP contribution < -0.4 is 5.32 Å². The van der Waals surface area contributed by atoms with Crippen molar-refractivity contribution in [3.8, 4) is 0 Å². The largest absolute Gasteiger partial charge is 0.350 e. The van der Waals surface area contributed by atoms with E-state index in [0.717, 1.165) is 25.0 Å². The molecule has 2 atom stereocenters. The topological polar surface area (TPSA) is 46.9 Å². The summed E-state index contributed by atoms with van der Waals surface area (Å²) in [6.45, 7) is 2.72. The van der Waals surface area contributed by atoms with Gasteiger partial charge < -0.3 is 9.88 Å². The molecule has 2 unspecified atom stereocenters. The number of benzene rings is 1. The molecule has 4 aliphatic rings. The van der Waals surface area contributed by atoms with Gasteiger partial charge in [0.05, 0.1) is 24.0 Å². The molecule has 4 heteroatoms. The molecule has 27 heavy (non-hydrogen) atoms. The van der Waals surface area contributed by atoms with E-state index in [1.165, 1.54) is 30.4 Å². The van der Waals surface area contributed by atoms with Gasteiger partial charge in [0, 0.05) is 13.2 Å². The zero-order valence-electron chi connectivity index (χ0n) is 16.4. The molecule has 142 valence electrons. The number of hydrogen-bond donors (Lipinski definition) is 1. The average molecular weight is 364 g/mol. The number of carbonyl (C=O) groups excluding carboxylic acids is 1. The number of aryl methyl sites for hydroxylation is 2. The smallest absolute Gasteiger partial charge is 0.226 e. The van der Waals surface area contributed by atoms with Crippen LogP contribution in [0.1, 0.15) is 55.3 Å². The van der Waals surface area contributed by atoms with E-state index in [1.807, 2.05) is 17.8 Å². The molecule has 4 aliphatic carbocycles. The highest BCUT2D eigenvalue weighted by atomic mass is 16.2. The highest BCUT2D eigenvalue weighted by Gasteiger charge is 2.60. The highest BCUT2D eigenvalue weighted by Crippen LogP contribution is 2.65. The second-order valence-electron chi connectivity index (χ2n) is 9.57. The van der Waals surface area contributed by atoms with Crippen molar-refractivity contribution in [1.29, 1.82) is 0 Å². The lowest BCUT2D eigenvalue weighted by Crippen LogP contribution is -2.59. The Morgan fingerprint density at radius 3 is 2.52 bits per heavy atom. The molecule has 6 rings (SSSR count). The number of nitrogens with one attached hydrogen (secondary N) is 1. The van der Waals surface area contributed by atoms with Gasteiger partial charge in [-0.3, -0.25) is 4.79 Å². The SMILES string of the molecule is Cc1ccc(C23CC4CC(CC(C(=O)NCc5cncn5C)(C4)C2)C3)cc1. The molecule has 2 aromatic rings. The first kappa shape index (κ1) is 17.0. The number of imidazole rings is 1. The summed E-state index contributed by atoms with van der Waals surface area (Å²) in [5, 5.41) is 3.26. The number of nitrogens with zero attached hydrogens (tertiary/aromatic N) is 2. The Balaban J connectivity index is 1.42. The van der Waals surface area contributed by atoms with Crippen LogP contribution in [0.4, 0.5) is 0 Å². The van der Waals surface area contributed by atoms with Crippen molar-refractivity contribution < 1.29 is 4.79 Å². The van der Waals surface area contributed by atoms with Crippen molar-refractivity contribution in [3.05, 3.63) is 53.6 Å². The Morgan fingerprint density at radius 2 is 1.89 bits per heavy atom. The minimum absolute atomic E-state index is 0.173. The lowest BCUT2D eigenvalue weighted by Gasteiger charge is -2.61. The maximum absolute atomic E-state index is 13.4. The minimum atomic E-state index is -0.173. The molecule has 0 saturated heterocycles. The van der Waals surface area contributed by atoms with Gasteiger partial charge in [0.2, 0.25) is 5.91 Å². The van der Waals surface area contributed by atoms with E-state index >= 15 is 0 Å². The predicted octanol–water partition coefficient (Wildman–Crippen LogP) is 3.88. The lowest BCUT2D eigenvalue weighted by atomic mass is 9.42. The Labute approximate surface area is 161 Å². The molecule has 1 aromatic carbocycles. The zero-order valence-corrected chi connectivity index (χ0v) is 16.4. The quantitative estimate of drug-likeness (QED) is 0.896. The molecule has 4 nitrogen and oxygen atoms in total. The molecular formula is C23H29N3O. The number of amides is 1. The van der Waals surface area contributed by atoms with Crippen LogP contribution in [0.2, 0.25) is 0 Å². The van der Waals surface area contributed by atoms with Crippen molar-refractivity contribution in [3.63, 3.8) is 0 Å². The summed E-state index contributed by atoms with van der Waals surface area (Å²) >= 11 is 0.